The standard InChI is InChI=1S/C18H26N2O3.ClH/c1-2-23-18(22)14-8-10-15(11-9-14)20-17(21)16(19)12-13-6-4-3-5-7-13;/h3-7,14-16H,2,8-12,19H2,1H3,(H,20,21);1H. The van der Waals surface area contributed by atoms with E-state index in [-0.39, 0.29) is 36.2 Å². The van der Waals surface area contributed by atoms with Crippen LogP contribution in [-0.4, -0.2) is 30.6 Å². The number of nitrogens with one attached hydrogen (secondary N) is 1. The zero-order valence-corrected chi connectivity index (χ0v) is 14.9. The van der Waals surface area contributed by atoms with Crippen molar-refractivity contribution in [3.63, 3.8) is 0 Å². The summed E-state index contributed by atoms with van der Waals surface area (Å²) in [6.07, 6.45) is 3.65. The molecule has 1 unspecified atom stereocenters. The Morgan fingerprint density at radius 3 is 2.42 bits per heavy atom. The fourth-order valence-electron chi connectivity index (χ4n) is 3.00. The molecule has 24 heavy (non-hydrogen) atoms. The molecular formula is C18H27ClN2O3. The first-order valence-electron chi connectivity index (χ1n) is 8.36. The van der Waals surface area contributed by atoms with Crippen LogP contribution in [0.4, 0.5) is 0 Å². The normalized spacial score (nSPS) is 21.2. The second-order valence-electron chi connectivity index (χ2n) is 6.11. The fourth-order valence-corrected chi connectivity index (χ4v) is 3.00. The Morgan fingerprint density at radius 1 is 1.21 bits per heavy atom. The fraction of sp³-hybridized carbons (Fsp3) is 0.556. The molecule has 2 rings (SSSR count). The van der Waals surface area contributed by atoms with Crippen molar-refractivity contribution in [2.24, 2.45) is 11.7 Å². The summed E-state index contributed by atoms with van der Waals surface area (Å²) < 4.78 is 5.06. The number of esters is 1. The van der Waals surface area contributed by atoms with Gasteiger partial charge in [0.2, 0.25) is 5.91 Å². The summed E-state index contributed by atoms with van der Waals surface area (Å²) in [6, 6.07) is 9.33. The van der Waals surface area contributed by atoms with E-state index in [1.165, 1.54) is 0 Å². The topological polar surface area (TPSA) is 81.4 Å². The molecule has 5 nitrogen and oxygen atoms in total. The maximum atomic E-state index is 12.2. The van der Waals surface area contributed by atoms with Gasteiger partial charge in [0.25, 0.3) is 0 Å². The predicted molar refractivity (Wildman–Crippen MR) is 95.9 cm³/mol. The Kier molecular flexibility index (Phi) is 8.79. The van der Waals surface area contributed by atoms with E-state index >= 15 is 0 Å². The Hall–Kier alpha value is -1.59. The number of rotatable bonds is 6. The molecule has 0 heterocycles. The van der Waals surface area contributed by atoms with Crippen LogP contribution >= 0.6 is 12.4 Å². The highest BCUT2D eigenvalue weighted by Crippen LogP contribution is 2.25. The average Bonchev–Trinajstić information content (AvgIpc) is 2.56. The van der Waals surface area contributed by atoms with Gasteiger partial charge in [-0.25, -0.2) is 0 Å². The smallest absolute Gasteiger partial charge is 0.308 e. The number of amides is 1. The molecule has 1 aliphatic carbocycles. The second-order valence-corrected chi connectivity index (χ2v) is 6.11. The first kappa shape index (κ1) is 20.5. The highest BCUT2D eigenvalue weighted by molar-refractivity contribution is 5.85. The lowest BCUT2D eigenvalue weighted by Gasteiger charge is -2.28. The number of hydrogen-bond acceptors (Lipinski definition) is 4. The number of benzene rings is 1. The van der Waals surface area contributed by atoms with E-state index in [0.29, 0.717) is 13.0 Å². The number of hydrogen-bond donors (Lipinski definition) is 2. The first-order chi connectivity index (χ1) is 11.1. The van der Waals surface area contributed by atoms with Crippen LogP contribution in [0.25, 0.3) is 0 Å². The summed E-state index contributed by atoms with van der Waals surface area (Å²) in [7, 11) is 0. The van der Waals surface area contributed by atoms with Crippen LogP contribution in [0, 0.1) is 5.92 Å². The Bertz CT molecular complexity index is 516. The summed E-state index contributed by atoms with van der Waals surface area (Å²) in [5.74, 6) is -0.257. The SMILES string of the molecule is CCOC(=O)C1CCC(NC(=O)C(N)Cc2ccccc2)CC1.Cl. The van der Waals surface area contributed by atoms with Gasteiger partial charge >= 0.3 is 5.97 Å². The van der Waals surface area contributed by atoms with Crippen molar-refractivity contribution in [2.45, 2.75) is 51.1 Å². The molecule has 0 aliphatic heterocycles. The molecule has 0 radical (unpaired) electrons. The van der Waals surface area contributed by atoms with E-state index in [0.717, 1.165) is 31.2 Å². The number of nitrogens with two attached hydrogens (primary N) is 1. The van der Waals surface area contributed by atoms with E-state index in [9.17, 15) is 9.59 Å². The minimum atomic E-state index is -0.541. The summed E-state index contributed by atoms with van der Waals surface area (Å²) in [5.41, 5.74) is 7.05. The molecule has 1 aromatic carbocycles. The van der Waals surface area contributed by atoms with E-state index in [4.69, 9.17) is 10.5 Å². The van der Waals surface area contributed by atoms with E-state index < -0.39 is 6.04 Å². The molecule has 0 saturated heterocycles. The minimum Gasteiger partial charge on any atom is -0.466 e. The summed E-state index contributed by atoms with van der Waals surface area (Å²) >= 11 is 0. The second kappa shape index (κ2) is 10.3. The Balaban J connectivity index is 0.00000288. The van der Waals surface area contributed by atoms with Crippen LogP contribution < -0.4 is 11.1 Å². The average molecular weight is 355 g/mol. The van der Waals surface area contributed by atoms with Crippen LogP contribution in [0.3, 0.4) is 0 Å². The predicted octanol–water partition coefficient (Wildman–Crippen LogP) is 2.22. The number of halogens is 1. The lowest BCUT2D eigenvalue weighted by molar-refractivity contribution is -0.149. The third kappa shape index (κ3) is 6.13. The Labute approximate surface area is 149 Å². The quantitative estimate of drug-likeness (QED) is 0.767. The third-order valence-corrected chi connectivity index (χ3v) is 4.33. The molecule has 6 heteroatoms. The summed E-state index contributed by atoms with van der Waals surface area (Å²) in [4.78, 5) is 23.9. The van der Waals surface area contributed by atoms with Gasteiger partial charge in [0.1, 0.15) is 0 Å². The minimum absolute atomic E-state index is 0. The van der Waals surface area contributed by atoms with Crippen molar-refractivity contribution in [2.75, 3.05) is 6.61 Å². The maximum absolute atomic E-state index is 12.2. The number of ether oxygens (including phenoxy) is 1. The molecule has 1 saturated carbocycles. The third-order valence-electron chi connectivity index (χ3n) is 4.33. The first-order valence-corrected chi connectivity index (χ1v) is 8.36. The number of carbonyl (C=O) groups is 2. The molecule has 1 fully saturated rings. The van der Waals surface area contributed by atoms with Gasteiger partial charge in [-0.1, -0.05) is 30.3 Å². The van der Waals surface area contributed by atoms with Crippen molar-refractivity contribution in [3.8, 4) is 0 Å². The molecule has 1 aromatic rings. The van der Waals surface area contributed by atoms with E-state index in [1.54, 1.807) is 0 Å². The molecule has 1 atom stereocenters. The van der Waals surface area contributed by atoms with Gasteiger partial charge in [-0.05, 0) is 44.6 Å². The lowest BCUT2D eigenvalue weighted by Crippen LogP contribution is -2.47. The van der Waals surface area contributed by atoms with Crippen molar-refractivity contribution < 1.29 is 14.3 Å². The summed E-state index contributed by atoms with van der Waals surface area (Å²) in [6.45, 7) is 2.24. The van der Waals surface area contributed by atoms with Crippen molar-refractivity contribution in [1.29, 1.82) is 0 Å². The van der Waals surface area contributed by atoms with Gasteiger partial charge in [-0.15, -0.1) is 12.4 Å². The molecular weight excluding hydrogens is 328 g/mol. The molecule has 3 N–H and O–H groups in total. The van der Waals surface area contributed by atoms with Crippen molar-refractivity contribution >= 4 is 24.3 Å². The van der Waals surface area contributed by atoms with Crippen LogP contribution in [-0.2, 0) is 20.7 Å². The Morgan fingerprint density at radius 2 is 1.83 bits per heavy atom. The van der Waals surface area contributed by atoms with Crippen LogP contribution in [0.15, 0.2) is 30.3 Å². The molecule has 1 amide bonds. The van der Waals surface area contributed by atoms with Crippen molar-refractivity contribution in [3.05, 3.63) is 35.9 Å². The zero-order valence-electron chi connectivity index (χ0n) is 14.1. The van der Waals surface area contributed by atoms with Gasteiger partial charge in [0.15, 0.2) is 0 Å². The number of carbonyl (C=O) groups excluding carboxylic acids is 2. The highest BCUT2D eigenvalue weighted by Gasteiger charge is 2.28. The van der Waals surface area contributed by atoms with Crippen LogP contribution in [0.2, 0.25) is 0 Å². The van der Waals surface area contributed by atoms with Gasteiger partial charge < -0.3 is 15.8 Å². The van der Waals surface area contributed by atoms with Crippen molar-refractivity contribution in [1.82, 2.24) is 5.32 Å². The van der Waals surface area contributed by atoms with Gasteiger partial charge in [-0.3, -0.25) is 9.59 Å². The van der Waals surface area contributed by atoms with E-state index in [2.05, 4.69) is 5.32 Å². The molecule has 1 aliphatic rings. The molecule has 0 bridgehead atoms. The largest absolute Gasteiger partial charge is 0.466 e. The van der Waals surface area contributed by atoms with Crippen LogP contribution in [0.5, 0.6) is 0 Å². The van der Waals surface area contributed by atoms with E-state index in [1.807, 2.05) is 37.3 Å². The van der Waals surface area contributed by atoms with Gasteiger partial charge in [0.05, 0.1) is 18.6 Å². The molecule has 0 spiro atoms. The summed E-state index contributed by atoms with van der Waals surface area (Å²) in [5, 5.41) is 3.01. The van der Waals surface area contributed by atoms with Gasteiger partial charge in [-0.2, -0.15) is 0 Å². The lowest BCUT2D eigenvalue weighted by atomic mass is 9.86. The molecule has 134 valence electrons. The zero-order chi connectivity index (χ0) is 16.7. The molecule has 0 aromatic heterocycles. The van der Waals surface area contributed by atoms with Gasteiger partial charge in [0, 0.05) is 6.04 Å². The monoisotopic (exact) mass is 354 g/mol. The highest BCUT2D eigenvalue weighted by atomic mass is 35.5. The maximum Gasteiger partial charge on any atom is 0.308 e. The van der Waals surface area contributed by atoms with Crippen LogP contribution in [0.1, 0.15) is 38.2 Å².